The van der Waals surface area contributed by atoms with Crippen LogP contribution >= 0.6 is 0 Å². The molecule has 3 nitrogen and oxygen atoms in total. The molecule has 0 fully saturated rings. The zero-order chi connectivity index (χ0) is 13.8. The molecule has 0 aliphatic rings. The summed E-state index contributed by atoms with van der Waals surface area (Å²) in [6, 6.07) is 6.49. The summed E-state index contributed by atoms with van der Waals surface area (Å²) < 4.78 is 31.0. The first-order valence-corrected chi connectivity index (χ1v) is 5.91. The zero-order valence-electron chi connectivity index (χ0n) is 10.4. The number of phenolic OH excluding ortho intramolecular Hbond substituents is 1. The summed E-state index contributed by atoms with van der Waals surface area (Å²) in [6.07, 6.45) is 1.79. The van der Waals surface area contributed by atoms with Crippen LogP contribution in [0.1, 0.15) is 18.9 Å². The normalized spacial score (nSPS) is 10.5. The minimum Gasteiger partial charge on any atom is -0.504 e. The number of aromatic hydroxyl groups is 1. The van der Waals surface area contributed by atoms with Gasteiger partial charge in [-0.25, -0.2) is 4.39 Å². The third kappa shape index (κ3) is 3.40. The first kappa shape index (κ1) is 13.3. The highest BCUT2D eigenvalue weighted by Crippen LogP contribution is 2.31. The molecule has 0 amide bonds. The lowest BCUT2D eigenvalue weighted by Gasteiger charge is -2.08. The first-order valence-electron chi connectivity index (χ1n) is 5.91. The van der Waals surface area contributed by atoms with E-state index < -0.39 is 11.8 Å². The molecule has 0 aliphatic heterocycles. The van der Waals surface area contributed by atoms with Crippen molar-refractivity contribution in [3.05, 3.63) is 47.7 Å². The molecule has 0 unspecified atom stereocenters. The number of rotatable bonds is 4. The number of phenols is 1. The number of halogens is 2. The van der Waals surface area contributed by atoms with Crippen molar-refractivity contribution in [3.63, 3.8) is 0 Å². The number of benzene rings is 1. The highest BCUT2D eigenvalue weighted by Gasteiger charge is 2.08. The van der Waals surface area contributed by atoms with Crippen LogP contribution in [-0.4, -0.2) is 10.1 Å². The molecule has 1 aromatic heterocycles. The highest BCUT2D eigenvalue weighted by molar-refractivity contribution is 5.43. The Bertz CT molecular complexity index is 567. The molecular weight excluding hydrogens is 252 g/mol. The average molecular weight is 265 g/mol. The molecule has 5 heteroatoms. The maximum absolute atomic E-state index is 13.0. The molecule has 0 atom stereocenters. The highest BCUT2D eigenvalue weighted by atomic mass is 19.1. The van der Waals surface area contributed by atoms with Gasteiger partial charge in [-0.05, 0) is 24.1 Å². The number of hydrogen-bond acceptors (Lipinski definition) is 3. The van der Waals surface area contributed by atoms with Crippen LogP contribution in [0.5, 0.6) is 17.4 Å². The lowest BCUT2D eigenvalue weighted by molar-refractivity contribution is 0.392. The predicted molar refractivity (Wildman–Crippen MR) is 66.3 cm³/mol. The minimum atomic E-state index is -0.975. The topological polar surface area (TPSA) is 42.4 Å². The van der Waals surface area contributed by atoms with Gasteiger partial charge < -0.3 is 9.84 Å². The standard InChI is InChI=1S/C14H13F2NO2/c1-2-3-9-4-5-12(11(18)6-9)19-14-8-10(15)7-13(16)17-14/h4-8,18H,2-3H2,1H3. The van der Waals surface area contributed by atoms with Gasteiger partial charge in [0.15, 0.2) is 11.5 Å². The molecule has 1 N–H and O–H groups in total. The van der Waals surface area contributed by atoms with Gasteiger partial charge in [-0.2, -0.15) is 9.37 Å². The Morgan fingerprint density at radius 3 is 2.63 bits per heavy atom. The number of ether oxygens (including phenoxy) is 1. The van der Waals surface area contributed by atoms with E-state index in [9.17, 15) is 13.9 Å². The van der Waals surface area contributed by atoms with Crippen LogP contribution in [-0.2, 0) is 6.42 Å². The Morgan fingerprint density at radius 1 is 1.21 bits per heavy atom. The van der Waals surface area contributed by atoms with E-state index in [2.05, 4.69) is 4.98 Å². The fourth-order valence-electron chi connectivity index (χ4n) is 1.70. The van der Waals surface area contributed by atoms with E-state index in [1.165, 1.54) is 0 Å². The van der Waals surface area contributed by atoms with Crippen LogP contribution in [0.3, 0.4) is 0 Å². The van der Waals surface area contributed by atoms with Crippen molar-refractivity contribution in [2.45, 2.75) is 19.8 Å². The molecule has 100 valence electrons. The second kappa shape index (κ2) is 5.65. The molecule has 1 aromatic carbocycles. The van der Waals surface area contributed by atoms with Crippen molar-refractivity contribution in [1.82, 2.24) is 4.98 Å². The van der Waals surface area contributed by atoms with Gasteiger partial charge in [-0.1, -0.05) is 19.4 Å². The van der Waals surface area contributed by atoms with Gasteiger partial charge in [0.25, 0.3) is 0 Å². The quantitative estimate of drug-likeness (QED) is 0.855. The van der Waals surface area contributed by atoms with Crippen LogP contribution in [0.15, 0.2) is 30.3 Å². The summed E-state index contributed by atoms with van der Waals surface area (Å²) in [6.45, 7) is 2.03. The van der Waals surface area contributed by atoms with E-state index in [1.807, 2.05) is 6.92 Å². The van der Waals surface area contributed by atoms with Crippen molar-refractivity contribution < 1.29 is 18.6 Å². The Balaban J connectivity index is 2.23. The van der Waals surface area contributed by atoms with Gasteiger partial charge in [0.1, 0.15) is 5.82 Å². The summed E-state index contributed by atoms with van der Waals surface area (Å²) >= 11 is 0. The van der Waals surface area contributed by atoms with Crippen molar-refractivity contribution >= 4 is 0 Å². The number of hydrogen-bond donors (Lipinski definition) is 1. The lowest BCUT2D eigenvalue weighted by atomic mass is 10.1. The minimum absolute atomic E-state index is 0.0857. The molecule has 1 heterocycles. The lowest BCUT2D eigenvalue weighted by Crippen LogP contribution is -1.93. The Labute approximate surface area is 109 Å². The van der Waals surface area contributed by atoms with E-state index >= 15 is 0 Å². The first-order chi connectivity index (χ1) is 9.08. The van der Waals surface area contributed by atoms with Gasteiger partial charge in [0.05, 0.1) is 0 Å². The number of nitrogens with zero attached hydrogens (tertiary/aromatic N) is 1. The molecule has 0 radical (unpaired) electrons. The molecule has 0 saturated heterocycles. The summed E-state index contributed by atoms with van der Waals surface area (Å²) in [4.78, 5) is 3.39. The van der Waals surface area contributed by atoms with E-state index in [-0.39, 0.29) is 17.4 Å². The van der Waals surface area contributed by atoms with Crippen LogP contribution in [0, 0.1) is 11.8 Å². The van der Waals surface area contributed by atoms with E-state index in [1.54, 1.807) is 18.2 Å². The molecule has 0 aliphatic carbocycles. The van der Waals surface area contributed by atoms with Crippen LogP contribution in [0.2, 0.25) is 0 Å². The molecule has 2 aromatic rings. The molecule has 2 rings (SSSR count). The second-order valence-electron chi connectivity index (χ2n) is 4.10. The van der Waals surface area contributed by atoms with E-state index in [0.717, 1.165) is 24.5 Å². The number of pyridine rings is 1. The number of aromatic nitrogens is 1. The second-order valence-corrected chi connectivity index (χ2v) is 4.10. The van der Waals surface area contributed by atoms with Gasteiger partial charge in [0, 0.05) is 12.1 Å². The fourth-order valence-corrected chi connectivity index (χ4v) is 1.70. The van der Waals surface area contributed by atoms with Crippen LogP contribution < -0.4 is 4.74 Å². The molecule has 0 spiro atoms. The summed E-state index contributed by atoms with van der Waals surface area (Å²) in [5.41, 5.74) is 0.964. The SMILES string of the molecule is CCCc1ccc(Oc2cc(F)cc(F)n2)c(O)c1. The zero-order valence-corrected chi connectivity index (χ0v) is 10.4. The van der Waals surface area contributed by atoms with Gasteiger partial charge >= 0.3 is 0 Å². The van der Waals surface area contributed by atoms with Crippen molar-refractivity contribution in [2.75, 3.05) is 0 Å². The summed E-state index contributed by atoms with van der Waals surface area (Å²) in [5.74, 6) is -1.98. The van der Waals surface area contributed by atoms with Crippen LogP contribution in [0.4, 0.5) is 8.78 Å². The average Bonchev–Trinajstić information content (AvgIpc) is 2.32. The van der Waals surface area contributed by atoms with Crippen molar-refractivity contribution in [1.29, 1.82) is 0 Å². The Kier molecular flexibility index (Phi) is 3.94. The van der Waals surface area contributed by atoms with Crippen molar-refractivity contribution in [3.8, 4) is 17.4 Å². The van der Waals surface area contributed by atoms with E-state index in [4.69, 9.17) is 4.74 Å². The Hall–Kier alpha value is -2.17. The maximum atomic E-state index is 13.0. The van der Waals surface area contributed by atoms with Crippen molar-refractivity contribution in [2.24, 2.45) is 0 Å². The molecular formula is C14H13F2NO2. The molecule has 0 bridgehead atoms. The molecule has 19 heavy (non-hydrogen) atoms. The summed E-state index contributed by atoms with van der Waals surface area (Å²) in [5, 5.41) is 9.78. The van der Waals surface area contributed by atoms with E-state index in [0.29, 0.717) is 6.07 Å². The van der Waals surface area contributed by atoms with Crippen LogP contribution in [0.25, 0.3) is 0 Å². The smallest absolute Gasteiger partial charge is 0.225 e. The third-order valence-electron chi connectivity index (χ3n) is 2.51. The van der Waals surface area contributed by atoms with Gasteiger partial charge in [-0.15, -0.1) is 0 Å². The summed E-state index contributed by atoms with van der Waals surface area (Å²) in [7, 11) is 0. The monoisotopic (exact) mass is 265 g/mol. The largest absolute Gasteiger partial charge is 0.504 e. The van der Waals surface area contributed by atoms with Gasteiger partial charge in [-0.3, -0.25) is 0 Å². The van der Waals surface area contributed by atoms with Gasteiger partial charge in [0.2, 0.25) is 11.8 Å². The molecule has 0 saturated carbocycles. The Morgan fingerprint density at radius 2 is 2.00 bits per heavy atom. The fraction of sp³-hybridized carbons (Fsp3) is 0.214. The maximum Gasteiger partial charge on any atom is 0.225 e. The number of aryl methyl sites for hydroxylation is 1. The third-order valence-corrected chi connectivity index (χ3v) is 2.51. The predicted octanol–water partition coefficient (Wildman–Crippen LogP) is 3.81.